The molecule has 0 aliphatic heterocycles. The van der Waals surface area contributed by atoms with Crippen molar-refractivity contribution in [3.63, 3.8) is 0 Å². The van der Waals surface area contributed by atoms with Crippen LogP contribution in [0, 0.1) is 0 Å². The molecule has 0 aromatic heterocycles. The number of carboxylic acids is 1. The Kier molecular flexibility index (Phi) is 14.2. The lowest BCUT2D eigenvalue weighted by atomic mass is 10.0. The van der Waals surface area contributed by atoms with Gasteiger partial charge in [0.2, 0.25) is 35.4 Å². The maximum atomic E-state index is 12.9. The lowest BCUT2D eigenvalue weighted by molar-refractivity contribution is -0.143. The lowest BCUT2D eigenvalue weighted by Crippen LogP contribution is -2.56. The number of hydrogen-bond donors (Lipinski definition) is 10. The zero-order valence-electron chi connectivity index (χ0n) is 22.4. The summed E-state index contributed by atoms with van der Waals surface area (Å²) in [5.41, 5.74) is 5.75. The summed E-state index contributed by atoms with van der Waals surface area (Å²) in [6, 6.07) is 0.717. The smallest absolute Gasteiger partial charge is 0.328 e. The van der Waals surface area contributed by atoms with Crippen LogP contribution in [0.25, 0.3) is 0 Å². The fraction of sp³-hybridized carbons (Fsp3) is 0.458. The molecule has 0 saturated heterocycles. The Morgan fingerprint density at radius 1 is 0.732 bits per heavy atom. The third kappa shape index (κ3) is 12.8. The van der Waals surface area contributed by atoms with Gasteiger partial charge in [0.25, 0.3) is 0 Å². The molecule has 11 N–H and O–H groups in total. The standard InChI is InChI=1S/C24H35N7O10/c1-12(21(37)27-10-19(35)28-13(2)22(38)31-17(11-32)24(40)41)29-23(39)16(7-14-3-5-15(33)6-4-14)30-20(36)9-26-18(34)8-25/h3-6,12-13,16-17,32-33H,7-11,25H2,1-2H3,(H,26,34)(H,27,37)(H,28,35)(H,29,39)(H,30,36)(H,31,38)(H,40,41)/t12-,13-,16-,17-/m0/s1. The molecule has 17 heteroatoms. The number of carbonyl (C=O) groups is 7. The molecule has 17 nitrogen and oxygen atoms in total. The van der Waals surface area contributed by atoms with Gasteiger partial charge in [0.05, 0.1) is 26.2 Å². The van der Waals surface area contributed by atoms with E-state index in [1.807, 2.05) is 5.32 Å². The number of phenolic OH excluding ortho intramolecular Hbond substituents is 1. The van der Waals surface area contributed by atoms with Crippen LogP contribution in [0.15, 0.2) is 24.3 Å². The van der Waals surface area contributed by atoms with E-state index >= 15 is 0 Å². The number of rotatable bonds is 16. The number of hydrogen-bond acceptors (Lipinski definition) is 10. The van der Waals surface area contributed by atoms with Gasteiger partial charge in [-0.1, -0.05) is 12.1 Å². The predicted molar refractivity (Wildman–Crippen MR) is 141 cm³/mol. The number of phenols is 1. The maximum Gasteiger partial charge on any atom is 0.328 e. The van der Waals surface area contributed by atoms with Crippen molar-refractivity contribution in [2.75, 3.05) is 26.2 Å². The molecule has 0 radical (unpaired) electrons. The fourth-order valence-electron chi connectivity index (χ4n) is 3.11. The first kappa shape index (κ1) is 34.3. The monoisotopic (exact) mass is 581 g/mol. The molecule has 6 amide bonds. The first-order chi connectivity index (χ1) is 19.3. The summed E-state index contributed by atoms with van der Waals surface area (Å²) in [5, 5.41) is 41.0. The van der Waals surface area contributed by atoms with Crippen LogP contribution in [0.2, 0.25) is 0 Å². The van der Waals surface area contributed by atoms with Crippen LogP contribution in [0.3, 0.4) is 0 Å². The van der Waals surface area contributed by atoms with Gasteiger partial charge in [0, 0.05) is 6.42 Å². The number of carboxylic acid groups (broad SMARTS) is 1. The molecule has 41 heavy (non-hydrogen) atoms. The zero-order chi connectivity index (χ0) is 31.1. The Hall–Kier alpha value is -4.77. The fourth-order valence-corrected chi connectivity index (χ4v) is 3.11. The Morgan fingerprint density at radius 3 is 1.85 bits per heavy atom. The van der Waals surface area contributed by atoms with Crippen LogP contribution in [-0.2, 0) is 40.0 Å². The number of benzene rings is 1. The Balaban J connectivity index is 2.71. The molecule has 0 saturated carbocycles. The van der Waals surface area contributed by atoms with Gasteiger partial charge in [-0.05, 0) is 31.5 Å². The molecule has 0 aliphatic carbocycles. The van der Waals surface area contributed by atoms with Crippen molar-refractivity contribution < 1.29 is 48.9 Å². The normalized spacial score (nSPS) is 13.4. The molecule has 0 fully saturated rings. The molecular formula is C24H35N7O10. The number of amides is 6. The van der Waals surface area contributed by atoms with E-state index in [1.54, 1.807) is 0 Å². The topological polar surface area (TPSA) is 278 Å². The van der Waals surface area contributed by atoms with E-state index in [4.69, 9.17) is 15.9 Å². The van der Waals surface area contributed by atoms with E-state index in [2.05, 4.69) is 26.6 Å². The second-order valence-corrected chi connectivity index (χ2v) is 8.79. The van der Waals surface area contributed by atoms with Crippen molar-refractivity contribution >= 4 is 41.4 Å². The summed E-state index contributed by atoms with van der Waals surface area (Å²) < 4.78 is 0. The second kappa shape index (κ2) is 17.0. The molecule has 1 rings (SSSR count). The van der Waals surface area contributed by atoms with E-state index in [0.717, 1.165) is 0 Å². The van der Waals surface area contributed by atoms with Crippen molar-refractivity contribution in [2.45, 2.75) is 44.4 Å². The molecule has 1 aromatic carbocycles. The van der Waals surface area contributed by atoms with Gasteiger partial charge in [-0.15, -0.1) is 0 Å². The third-order valence-corrected chi connectivity index (χ3v) is 5.40. The van der Waals surface area contributed by atoms with Crippen molar-refractivity contribution in [3.05, 3.63) is 29.8 Å². The molecule has 0 spiro atoms. The molecular weight excluding hydrogens is 546 g/mol. The van der Waals surface area contributed by atoms with E-state index in [1.165, 1.54) is 38.1 Å². The first-order valence-corrected chi connectivity index (χ1v) is 12.3. The zero-order valence-corrected chi connectivity index (χ0v) is 22.4. The largest absolute Gasteiger partial charge is 0.508 e. The van der Waals surface area contributed by atoms with Gasteiger partial charge in [-0.2, -0.15) is 0 Å². The highest BCUT2D eigenvalue weighted by Crippen LogP contribution is 2.11. The summed E-state index contributed by atoms with van der Waals surface area (Å²) in [6.45, 7) is 0.352. The van der Waals surface area contributed by atoms with Gasteiger partial charge in [0.1, 0.15) is 29.9 Å². The first-order valence-electron chi connectivity index (χ1n) is 12.3. The average molecular weight is 582 g/mol. The summed E-state index contributed by atoms with van der Waals surface area (Å²) in [7, 11) is 0. The number of aliphatic carboxylic acids is 1. The highest BCUT2D eigenvalue weighted by atomic mass is 16.4. The van der Waals surface area contributed by atoms with E-state index < -0.39 is 85.3 Å². The van der Waals surface area contributed by atoms with Gasteiger partial charge >= 0.3 is 5.97 Å². The Labute approximate surface area is 234 Å². The van der Waals surface area contributed by atoms with E-state index in [-0.39, 0.29) is 18.7 Å². The third-order valence-electron chi connectivity index (χ3n) is 5.40. The van der Waals surface area contributed by atoms with Crippen LogP contribution in [-0.4, -0.2) is 107 Å². The van der Waals surface area contributed by atoms with E-state index in [9.17, 15) is 38.7 Å². The SMILES string of the molecule is C[C@H](NC(=O)CNC(=O)[C@H](C)NC(=O)[C@H](Cc1ccc(O)cc1)NC(=O)CNC(=O)CN)C(=O)N[C@@H](CO)C(=O)O. The highest BCUT2D eigenvalue weighted by molar-refractivity contribution is 5.95. The maximum absolute atomic E-state index is 12.9. The van der Waals surface area contributed by atoms with Crippen LogP contribution in [0.5, 0.6) is 5.75 Å². The van der Waals surface area contributed by atoms with Gasteiger partial charge < -0.3 is 53.0 Å². The minimum Gasteiger partial charge on any atom is -0.508 e. The van der Waals surface area contributed by atoms with Crippen LogP contribution in [0.1, 0.15) is 19.4 Å². The molecule has 0 heterocycles. The molecule has 0 bridgehead atoms. The molecule has 226 valence electrons. The van der Waals surface area contributed by atoms with Crippen molar-refractivity contribution in [1.82, 2.24) is 31.9 Å². The minimum atomic E-state index is -1.56. The van der Waals surface area contributed by atoms with Crippen molar-refractivity contribution in [3.8, 4) is 5.75 Å². The number of aromatic hydroxyl groups is 1. The number of aliphatic hydroxyl groups excluding tert-OH is 1. The number of nitrogens with one attached hydrogen (secondary N) is 6. The van der Waals surface area contributed by atoms with Gasteiger partial charge in [0.15, 0.2) is 0 Å². The van der Waals surface area contributed by atoms with Crippen molar-refractivity contribution in [1.29, 1.82) is 0 Å². The number of aliphatic hydroxyl groups is 1. The summed E-state index contributed by atoms with van der Waals surface area (Å²) in [4.78, 5) is 84.0. The van der Waals surface area contributed by atoms with Gasteiger partial charge in [-0.25, -0.2) is 4.79 Å². The van der Waals surface area contributed by atoms with Crippen LogP contribution < -0.4 is 37.6 Å². The molecule has 0 aliphatic rings. The number of nitrogens with two attached hydrogens (primary N) is 1. The van der Waals surface area contributed by atoms with Crippen molar-refractivity contribution in [2.24, 2.45) is 5.73 Å². The predicted octanol–water partition coefficient (Wildman–Crippen LogP) is -4.82. The lowest BCUT2D eigenvalue weighted by Gasteiger charge is -2.22. The Bertz CT molecular complexity index is 1110. The molecule has 1 aromatic rings. The Morgan fingerprint density at radius 2 is 1.29 bits per heavy atom. The summed E-state index contributed by atoms with van der Waals surface area (Å²) in [5.74, 6) is -5.98. The average Bonchev–Trinajstić information content (AvgIpc) is 2.93. The molecule has 4 atom stereocenters. The number of carbonyl (C=O) groups excluding carboxylic acids is 6. The second-order valence-electron chi connectivity index (χ2n) is 8.79. The quantitative estimate of drug-likeness (QED) is 0.0884. The highest BCUT2D eigenvalue weighted by Gasteiger charge is 2.26. The minimum absolute atomic E-state index is 0.0118. The summed E-state index contributed by atoms with van der Waals surface area (Å²) in [6.07, 6.45) is -0.0294. The van der Waals surface area contributed by atoms with Gasteiger partial charge in [-0.3, -0.25) is 28.8 Å². The van der Waals surface area contributed by atoms with E-state index in [0.29, 0.717) is 5.56 Å². The van der Waals surface area contributed by atoms with Crippen LogP contribution >= 0.6 is 0 Å². The summed E-state index contributed by atoms with van der Waals surface area (Å²) >= 11 is 0. The van der Waals surface area contributed by atoms with Crippen LogP contribution in [0.4, 0.5) is 0 Å². The molecule has 0 unspecified atom stereocenters.